The summed E-state index contributed by atoms with van der Waals surface area (Å²) in [6, 6.07) is 9.04. The fraction of sp³-hybridized carbons (Fsp3) is 0.455. The molecule has 17 heavy (non-hydrogen) atoms. The first-order valence-corrected chi connectivity index (χ1v) is 6.85. The van der Waals surface area contributed by atoms with Crippen LogP contribution in [0.5, 0.6) is 0 Å². The molecule has 0 aromatic heterocycles. The molecule has 0 bridgehead atoms. The first-order valence-electron chi connectivity index (χ1n) is 5.45. The summed E-state index contributed by atoms with van der Waals surface area (Å²) < 4.78 is 26.9. The van der Waals surface area contributed by atoms with Crippen molar-refractivity contribution in [1.29, 1.82) is 0 Å². The molecule has 0 spiro atoms. The maximum Gasteiger partial charge on any atom is 0.303 e. The Balaban J connectivity index is 3.05. The van der Waals surface area contributed by atoms with Crippen LogP contribution in [0.1, 0.15) is 6.42 Å². The molecule has 0 unspecified atom stereocenters. The van der Waals surface area contributed by atoms with Gasteiger partial charge in [-0.1, -0.05) is 18.2 Å². The molecule has 1 aromatic carbocycles. The molecule has 2 N–H and O–H groups in total. The van der Waals surface area contributed by atoms with Gasteiger partial charge < -0.3 is 5.73 Å². The van der Waals surface area contributed by atoms with E-state index in [-0.39, 0.29) is 0 Å². The van der Waals surface area contributed by atoms with Crippen LogP contribution < -0.4 is 10.0 Å². The van der Waals surface area contributed by atoms with Crippen molar-refractivity contribution < 1.29 is 8.42 Å². The summed E-state index contributed by atoms with van der Waals surface area (Å²) >= 11 is 0. The van der Waals surface area contributed by atoms with Gasteiger partial charge in [-0.3, -0.25) is 4.31 Å². The lowest BCUT2D eigenvalue weighted by Gasteiger charge is -2.27. The Kier molecular flexibility index (Phi) is 4.92. The summed E-state index contributed by atoms with van der Waals surface area (Å²) in [4.78, 5) is 0. The monoisotopic (exact) mass is 257 g/mol. The van der Waals surface area contributed by atoms with E-state index in [4.69, 9.17) is 5.73 Å². The molecule has 0 fully saturated rings. The number of nitrogens with zero attached hydrogens (tertiary/aromatic N) is 2. The molecule has 0 aliphatic carbocycles. The summed E-state index contributed by atoms with van der Waals surface area (Å²) in [7, 11) is -0.410. The quantitative estimate of drug-likeness (QED) is 0.813. The third-order valence-electron chi connectivity index (χ3n) is 2.35. The lowest BCUT2D eigenvalue weighted by molar-refractivity contribution is 0.514. The molecular formula is C11H19N3O2S. The van der Waals surface area contributed by atoms with Crippen LogP contribution in [0.3, 0.4) is 0 Å². The molecule has 0 radical (unpaired) electrons. The van der Waals surface area contributed by atoms with E-state index in [1.165, 1.54) is 22.7 Å². The van der Waals surface area contributed by atoms with Gasteiger partial charge in [-0.15, -0.1) is 0 Å². The standard InChI is InChI=1S/C11H19N3O2S/c1-13(2)17(15,16)14(10-6-9-12)11-7-4-3-5-8-11/h3-5,7-8H,6,9-10,12H2,1-2H3. The smallest absolute Gasteiger partial charge is 0.303 e. The molecule has 0 heterocycles. The zero-order chi connectivity index (χ0) is 12.9. The van der Waals surface area contributed by atoms with Crippen LogP contribution >= 0.6 is 0 Å². The van der Waals surface area contributed by atoms with E-state index in [0.29, 0.717) is 25.2 Å². The van der Waals surface area contributed by atoms with Gasteiger partial charge in [0.25, 0.3) is 0 Å². The Hall–Kier alpha value is -1.11. The first kappa shape index (κ1) is 14.0. The highest BCUT2D eigenvalue weighted by atomic mass is 32.2. The second-order valence-corrected chi connectivity index (χ2v) is 5.91. The minimum atomic E-state index is -3.45. The highest BCUT2D eigenvalue weighted by Crippen LogP contribution is 2.18. The molecule has 0 aliphatic heterocycles. The van der Waals surface area contributed by atoms with E-state index >= 15 is 0 Å². The van der Waals surface area contributed by atoms with Gasteiger partial charge in [0.1, 0.15) is 0 Å². The van der Waals surface area contributed by atoms with Crippen LogP contribution in [-0.4, -0.2) is 39.9 Å². The maximum absolute atomic E-state index is 12.1. The van der Waals surface area contributed by atoms with Crippen molar-refractivity contribution in [2.75, 3.05) is 31.5 Å². The van der Waals surface area contributed by atoms with Crippen LogP contribution in [0.2, 0.25) is 0 Å². The average molecular weight is 257 g/mol. The van der Waals surface area contributed by atoms with Crippen LogP contribution in [-0.2, 0) is 10.2 Å². The van der Waals surface area contributed by atoms with Crippen molar-refractivity contribution >= 4 is 15.9 Å². The Labute approximate surface area is 103 Å². The molecule has 1 rings (SSSR count). The Morgan fingerprint density at radius 2 is 1.76 bits per heavy atom. The fourth-order valence-electron chi connectivity index (χ4n) is 1.40. The minimum absolute atomic E-state index is 0.390. The number of nitrogens with two attached hydrogens (primary N) is 1. The Morgan fingerprint density at radius 1 is 1.18 bits per heavy atom. The van der Waals surface area contributed by atoms with E-state index in [1.807, 2.05) is 18.2 Å². The number of rotatable bonds is 6. The summed E-state index contributed by atoms with van der Waals surface area (Å²) in [5.41, 5.74) is 6.10. The zero-order valence-corrected chi connectivity index (χ0v) is 11.0. The van der Waals surface area contributed by atoms with Gasteiger partial charge in [-0.2, -0.15) is 12.7 Å². The van der Waals surface area contributed by atoms with Gasteiger partial charge in [0, 0.05) is 20.6 Å². The van der Waals surface area contributed by atoms with Crippen LogP contribution in [0, 0.1) is 0 Å². The van der Waals surface area contributed by atoms with Gasteiger partial charge in [0.15, 0.2) is 0 Å². The van der Waals surface area contributed by atoms with E-state index in [9.17, 15) is 8.42 Å². The highest BCUT2D eigenvalue weighted by Gasteiger charge is 2.23. The molecule has 6 heteroatoms. The largest absolute Gasteiger partial charge is 0.330 e. The SMILES string of the molecule is CN(C)S(=O)(=O)N(CCCN)c1ccccc1. The maximum atomic E-state index is 12.1. The lowest BCUT2D eigenvalue weighted by Crippen LogP contribution is -2.41. The lowest BCUT2D eigenvalue weighted by atomic mass is 10.3. The van der Waals surface area contributed by atoms with Crippen molar-refractivity contribution in [3.8, 4) is 0 Å². The number of anilines is 1. The van der Waals surface area contributed by atoms with Crippen LogP contribution in [0.4, 0.5) is 5.69 Å². The van der Waals surface area contributed by atoms with E-state index in [1.54, 1.807) is 12.1 Å². The van der Waals surface area contributed by atoms with Gasteiger partial charge in [0.05, 0.1) is 5.69 Å². The topological polar surface area (TPSA) is 66.6 Å². The number of hydrogen-bond donors (Lipinski definition) is 1. The Bertz CT molecular complexity index is 431. The molecule has 0 aliphatic rings. The summed E-state index contributed by atoms with van der Waals surface area (Å²) in [6.07, 6.45) is 0.627. The molecule has 1 aromatic rings. The third kappa shape index (κ3) is 3.42. The normalized spacial score (nSPS) is 11.8. The van der Waals surface area contributed by atoms with Crippen molar-refractivity contribution in [3.05, 3.63) is 30.3 Å². The second kappa shape index (κ2) is 6.00. The molecule has 0 amide bonds. The van der Waals surface area contributed by atoms with Crippen molar-refractivity contribution in [1.82, 2.24) is 4.31 Å². The highest BCUT2D eigenvalue weighted by molar-refractivity contribution is 7.90. The van der Waals surface area contributed by atoms with E-state index < -0.39 is 10.2 Å². The van der Waals surface area contributed by atoms with Gasteiger partial charge in [-0.05, 0) is 25.1 Å². The summed E-state index contributed by atoms with van der Waals surface area (Å²) in [5, 5.41) is 0. The van der Waals surface area contributed by atoms with Gasteiger partial charge >= 0.3 is 10.2 Å². The second-order valence-electron chi connectivity index (χ2n) is 3.84. The molecule has 0 saturated heterocycles. The number of benzene rings is 1. The molecule has 5 nitrogen and oxygen atoms in total. The minimum Gasteiger partial charge on any atom is -0.330 e. The van der Waals surface area contributed by atoms with Crippen LogP contribution in [0.25, 0.3) is 0 Å². The molecule has 96 valence electrons. The average Bonchev–Trinajstić information content (AvgIpc) is 2.30. The Morgan fingerprint density at radius 3 is 2.24 bits per heavy atom. The fourth-order valence-corrected chi connectivity index (χ4v) is 2.55. The van der Waals surface area contributed by atoms with Crippen molar-refractivity contribution in [3.63, 3.8) is 0 Å². The zero-order valence-electron chi connectivity index (χ0n) is 10.2. The summed E-state index contributed by atoms with van der Waals surface area (Å²) in [5.74, 6) is 0. The van der Waals surface area contributed by atoms with Crippen molar-refractivity contribution in [2.45, 2.75) is 6.42 Å². The van der Waals surface area contributed by atoms with Gasteiger partial charge in [-0.25, -0.2) is 0 Å². The predicted octanol–water partition coefficient (Wildman–Crippen LogP) is 0.648. The van der Waals surface area contributed by atoms with Crippen LogP contribution in [0.15, 0.2) is 30.3 Å². The molecule has 0 saturated carbocycles. The third-order valence-corrected chi connectivity index (χ3v) is 4.22. The number of para-hydroxylation sites is 1. The van der Waals surface area contributed by atoms with Gasteiger partial charge in [0.2, 0.25) is 0 Å². The molecule has 0 atom stereocenters. The molecular weight excluding hydrogens is 238 g/mol. The summed E-state index contributed by atoms with van der Waals surface area (Å²) in [6.45, 7) is 0.854. The first-order chi connectivity index (χ1) is 8.00. The van der Waals surface area contributed by atoms with E-state index in [0.717, 1.165) is 0 Å². The number of hydrogen-bond acceptors (Lipinski definition) is 3. The predicted molar refractivity (Wildman–Crippen MR) is 70.1 cm³/mol. The van der Waals surface area contributed by atoms with Crippen molar-refractivity contribution in [2.24, 2.45) is 5.73 Å². The van der Waals surface area contributed by atoms with E-state index in [2.05, 4.69) is 0 Å².